The van der Waals surface area contributed by atoms with Crippen LogP contribution in [0.2, 0.25) is 0 Å². The van der Waals surface area contributed by atoms with E-state index in [2.05, 4.69) is 0 Å². The van der Waals surface area contributed by atoms with Crippen LogP contribution in [-0.2, 0) is 19.7 Å². The van der Waals surface area contributed by atoms with Crippen molar-refractivity contribution >= 4 is 5.97 Å². The molecule has 0 aliphatic carbocycles. The Morgan fingerprint density at radius 1 is 1.19 bits per heavy atom. The summed E-state index contributed by atoms with van der Waals surface area (Å²) in [6.45, 7) is 3.93. The summed E-state index contributed by atoms with van der Waals surface area (Å²) >= 11 is 0. The van der Waals surface area contributed by atoms with Crippen LogP contribution in [0.25, 0.3) is 0 Å². The highest BCUT2D eigenvalue weighted by molar-refractivity contribution is 5.76. The molecule has 0 aliphatic rings. The predicted octanol–water partition coefficient (Wildman–Crippen LogP) is 2.15. The summed E-state index contributed by atoms with van der Waals surface area (Å²) in [4.78, 5) is 11.6. The minimum absolute atomic E-state index is 0.351. The lowest BCUT2D eigenvalue weighted by Gasteiger charge is -2.31. The highest BCUT2D eigenvalue weighted by Crippen LogP contribution is 2.29. The van der Waals surface area contributed by atoms with Gasteiger partial charge in [-0.1, -0.05) is 44.2 Å². The molecule has 1 aromatic rings. The maximum absolute atomic E-state index is 11.6. The number of methoxy groups -OCH3 is 2. The molecule has 1 aromatic carbocycles. The van der Waals surface area contributed by atoms with Crippen molar-refractivity contribution in [3.05, 3.63) is 35.9 Å². The zero-order chi connectivity index (χ0) is 12.2. The van der Waals surface area contributed by atoms with Crippen molar-refractivity contribution in [2.75, 3.05) is 14.2 Å². The van der Waals surface area contributed by atoms with E-state index in [0.717, 1.165) is 5.56 Å². The number of carbonyl (C=O) groups is 1. The van der Waals surface area contributed by atoms with Gasteiger partial charge in [0.15, 0.2) is 6.10 Å². The monoisotopic (exact) mass is 222 g/mol. The predicted molar refractivity (Wildman–Crippen MR) is 62.3 cm³/mol. The molecule has 0 fully saturated rings. The third-order valence-corrected chi connectivity index (χ3v) is 2.82. The molecule has 1 atom stereocenters. The Hall–Kier alpha value is -1.35. The van der Waals surface area contributed by atoms with Gasteiger partial charge in [0, 0.05) is 12.5 Å². The highest BCUT2D eigenvalue weighted by Gasteiger charge is 2.37. The number of hydrogen-bond acceptors (Lipinski definition) is 3. The van der Waals surface area contributed by atoms with Gasteiger partial charge in [0.2, 0.25) is 0 Å². The molecular formula is C13H18O3. The molecule has 0 amide bonds. The van der Waals surface area contributed by atoms with Crippen molar-refractivity contribution in [3.8, 4) is 0 Å². The number of carbonyl (C=O) groups excluding carboxylic acids is 1. The second-order valence-electron chi connectivity index (χ2n) is 4.23. The SMILES string of the molecule is COC(=O)C(OC)C(C)(C)c1ccccc1. The van der Waals surface area contributed by atoms with E-state index in [-0.39, 0.29) is 5.97 Å². The number of ether oxygens (including phenoxy) is 2. The van der Waals surface area contributed by atoms with E-state index >= 15 is 0 Å². The number of esters is 1. The molecule has 16 heavy (non-hydrogen) atoms. The molecule has 0 radical (unpaired) electrons. The van der Waals surface area contributed by atoms with E-state index in [4.69, 9.17) is 9.47 Å². The van der Waals surface area contributed by atoms with E-state index < -0.39 is 11.5 Å². The van der Waals surface area contributed by atoms with E-state index in [1.54, 1.807) is 0 Å². The lowest BCUT2D eigenvalue weighted by atomic mass is 9.79. The van der Waals surface area contributed by atoms with Crippen LogP contribution in [0, 0.1) is 0 Å². The van der Waals surface area contributed by atoms with Crippen LogP contribution in [0.5, 0.6) is 0 Å². The van der Waals surface area contributed by atoms with Gasteiger partial charge >= 0.3 is 5.97 Å². The van der Waals surface area contributed by atoms with Crippen LogP contribution < -0.4 is 0 Å². The third-order valence-electron chi connectivity index (χ3n) is 2.82. The van der Waals surface area contributed by atoms with Crippen molar-refractivity contribution in [2.45, 2.75) is 25.4 Å². The standard InChI is InChI=1S/C13H18O3/c1-13(2,10-8-6-5-7-9-10)11(15-3)12(14)16-4/h5-9,11H,1-4H3. The molecule has 0 N–H and O–H groups in total. The first-order valence-electron chi connectivity index (χ1n) is 5.20. The van der Waals surface area contributed by atoms with Crippen LogP contribution in [-0.4, -0.2) is 26.3 Å². The molecule has 1 rings (SSSR count). The van der Waals surface area contributed by atoms with Gasteiger partial charge in [0.1, 0.15) is 0 Å². The van der Waals surface area contributed by atoms with Crippen molar-refractivity contribution < 1.29 is 14.3 Å². The van der Waals surface area contributed by atoms with Crippen LogP contribution in [0.1, 0.15) is 19.4 Å². The first-order chi connectivity index (χ1) is 7.54. The summed E-state index contributed by atoms with van der Waals surface area (Å²) in [6, 6.07) is 9.80. The number of hydrogen-bond donors (Lipinski definition) is 0. The molecule has 0 aromatic heterocycles. The largest absolute Gasteiger partial charge is 0.467 e. The normalized spacial score (nSPS) is 13.2. The van der Waals surface area contributed by atoms with E-state index in [1.807, 2.05) is 44.2 Å². The summed E-state index contributed by atoms with van der Waals surface area (Å²) in [7, 11) is 2.89. The maximum Gasteiger partial charge on any atom is 0.335 e. The lowest BCUT2D eigenvalue weighted by Crippen LogP contribution is -2.42. The number of rotatable bonds is 4. The molecular weight excluding hydrogens is 204 g/mol. The van der Waals surface area contributed by atoms with Gasteiger partial charge in [-0.2, -0.15) is 0 Å². The molecule has 0 saturated heterocycles. The molecule has 1 unspecified atom stereocenters. The molecule has 88 valence electrons. The number of benzene rings is 1. The van der Waals surface area contributed by atoms with Gasteiger partial charge in [-0.05, 0) is 5.56 Å². The fourth-order valence-electron chi connectivity index (χ4n) is 1.81. The van der Waals surface area contributed by atoms with Crippen molar-refractivity contribution in [2.24, 2.45) is 0 Å². The van der Waals surface area contributed by atoms with Gasteiger partial charge < -0.3 is 9.47 Å². The zero-order valence-corrected chi connectivity index (χ0v) is 10.2. The van der Waals surface area contributed by atoms with Gasteiger partial charge in [-0.25, -0.2) is 4.79 Å². The van der Waals surface area contributed by atoms with Gasteiger partial charge in [-0.3, -0.25) is 0 Å². The molecule has 0 saturated carbocycles. The minimum atomic E-state index is -0.597. The average Bonchev–Trinajstić information content (AvgIpc) is 2.30. The van der Waals surface area contributed by atoms with E-state index in [0.29, 0.717) is 0 Å². The molecule has 0 spiro atoms. The van der Waals surface area contributed by atoms with Crippen molar-refractivity contribution in [1.29, 1.82) is 0 Å². The second kappa shape index (κ2) is 5.12. The van der Waals surface area contributed by atoms with Gasteiger partial charge in [0.25, 0.3) is 0 Å². The Balaban J connectivity index is 3.04. The fraction of sp³-hybridized carbons (Fsp3) is 0.462. The Morgan fingerprint density at radius 2 is 1.75 bits per heavy atom. The first-order valence-corrected chi connectivity index (χ1v) is 5.20. The smallest absolute Gasteiger partial charge is 0.335 e. The molecule has 3 heteroatoms. The summed E-state index contributed by atoms with van der Waals surface area (Å²) < 4.78 is 9.99. The summed E-state index contributed by atoms with van der Waals surface area (Å²) in [5, 5.41) is 0. The second-order valence-corrected chi connectivity index (χ2v) is 4.23. The van der Waals surface area contributed by atoms with E-state index in [9.17, 15) is 4.79 Å². The van der Waals surface area contributed by atoms with Gasteiger partial charge in [-0.15, -0.1) is 0 Å². The topological polar surface area (TPSA) is 35.5 Å². The Labute approximate surface area is 96.4 Å². The molecule has 0 bridgehead atoms. The van der Waals surface area contributed by atoms with Crippen LogP contribution in [0.15, 0.2) is 30.3 Å². The molecule has 0 aliphatic heterocycles. The summed E-state index contributed by atoms with van der Waals surface area (Å²) in [5.41, 5.74) is 0.635. The van der Waals surface area contributed by atoms with Crippen LogP contribution >= 0.6 is 0 Å². The molecule has 3 nitrogen and oxygen atoms in total. The maximum atomic E-state index is 11.6. The minimum Gasteiger partial charge on any atom is -0.467 e. The quantitative estimate of drug-likeness (QED) is 0.732. The first kappa shape index (κ1) is 12.7. The Bertz CT molecular complexity index is 343. The lowest BCUT2D eigenvalue weighted by molar-refractivity contribution is -0.156. The average molecular weight is 222 g/mol. The van der Waals surface area contributed by atoms with Gasteiger partial charge in [0.05, 0.1) is 7.11 Å². The summed E-state index contributed by atoms with van der Waals surface area (Å²) in [6.07, 6.45) is -0.597. The molecule has 0 heterocycles. The van der Waals surface area contributed by atoms with Crippen LogP contribution in [0.3, 0.4) is 0 Å². The van der Waals surface area contributed by atoms with Crippen LogP contribution in [0.4, 0.5) is 0 Å². The Kier molecular flexibility index (Phi) is 4.07. The fourth-order valence-corrected chi connectivity index (χ4v) is 1.81. The summed E-state index contributed by atoms with van der Waals surface area (Å²) in [5.74, 6) is -0.351. The van der Waals surface area contributed by atoms with E-state index in [1.165, 1.54) is 14.2 Å². The van der Waals surface area contributed by atoms with Crippen molar-refractivity contribution in [1.82, 2.24) is 0 Å². The third kappa shape index (κ3) is 2.42. The Morgan fingerprint density at radius 3 is 2.19 bits per heavy atom. The van der Waals surface area contributed by atoms with Crippen molar-refractivity contribution in [3.63, 3.8) is 0 Å². The highest BCUT2D eigenvalue weighted by atomic mass is 16.6. The zero-order valence-electron chi connectivity index (χ0n) is 10.2.